The van der Waals surface area contributed by atoms with E-state index in [0.717, 1.165) is 21.6 Å². The molecule has 0 saturated heterocycles. The molecule has 0 bridgehead atoms. The highest BCUT2D eigenvalue weighted by Gasteiger charge is 2.20. The molecule has 0 spiro atoms. The molecule has 13 heteroatoms. The fourth-order valence-corrected chi connectivity index (χ4v) is 5.72. The molecule has 0 saturated carbocycles. The van der Waals surface area contributed by atoms with Gasteiger partial charge in [-0.3, -0.25) is 18.8 Å². The third kappa shape index (κ3) is 8.05. The number of nitrogens with one attached hydrogen (secondary N) is 2. The Labute approximate surface area is 290 Å². The number of nitrogens with zero attached hydrogens (tertiary/aromatic N) is 4. The van der Waals surface area contributed by atoms with E-state index in [4.69, 9.17) is 27.9 Å². The van der Waals surface area contributed by atoms with Crippen LogP contribution in [0.3, 0.4) is 0 Å². The lowest BCUT2D eigenvalue weighted by atomic mass is 10.2. The number of hydrogen-bond acceptors (Lipinski definition) is 5. The van der Waals surface area contributed by atoms with E-state index < -0.39 is 5.91 Å². The molecule has 0 aliphatic heterocycles. The number of benzene rings is 2. The number of ether oxygens (including phenoxy) is 1. The molecule has 10 nitrogen and oxygen atoms in total. The van der Waals surface area contributed by atoms with E-state index in [9.17, 15) is 14.4 Å². The molecule has 2 aromatic carbocycles. The quantitative estimate of drug-likeness (QED) is 0.149. The Balaban J connectivity index is 1.14. The smallest absolute Gasteiger partial charge is 0.246 e. The van der Waals surface area contributed by atoms with Gasteiger partial charge in [-0.2, -0.15) is 0 Å². The van der Waals surface area contributed by atoms with Crippen LogP contribution >= 0.6 is 39.1 Å². The van der Waals surface area contributed by atoms with Crippen molar-refractivity contribution < 1.29 is 19.1 Å². The summed E-state index contributed by atoms with van der Waals surface area (Å²) in [5, 5.41) is 6.10. The molecule has 3 aromatic heterocycles. The standard InChI is InChI=1S/C34H31BrCl2N6O4/c1-21-33(35)43-17-5-7-28(34(43)39-21)47-20-25-26(36)13-14-27(32(25)37)42(3)31(46)19-38-29(44)15-10-22-8-11-23(12-9-22)40-30(45)18-24-6-4-16-41(24)2/h4-17H,18-20H2,1-3H3,(H,38,44)(H,40,45)/b15-10+. The minimum absolute atomic E-state index is 0.0409. The lowest BCUT2D eigenvalue weighted by molar-refractivity contribution is -0.122. The van der Waals surface area contributed by atoms with Gasteiger partial charge in [-0.05, 0) is 83.0 Å². The SMILES string of the molecule is Cc1nc2c(OCc3c(Cl)ccc(N(C)C(=O)CNC(=O)/C=C/c4ccc(NC(=O)Cc5cccn5C)cc4)c3Cl)cccn2c1Br. The van der Waals surface area contributed by atoms with Crippen LogP contribution < -0.4 is 20.3 Å². The highest BCUT2D eigenvalue weighted by molar-refractivity contribution is 9.10. The van der Waals surface area contributed by atoms with Crippen molar-refractivity contribution in [1.82, 2.24) is 19.3 Å². The molecular weight excluding hydrogens is 707 g/mol. The number of fused-ring (bicyclic) bond motifs is 1. The number of pyridine rings is 1. The number of carbonyl (C=O) groups excluding carboxylic acids is 3. The topological polar surface area (TPSA) is 110 Å². The molecule has 0 aliphatic rings. The summed E-state index contributed by atoms with van der Waals surface area (Å²) in [5.41, 5.74) is 4.68. The molecule has 0 unspecified atom stereocenters. The predicted octanol–water partition coefficient (Wildman–Crippen LogP) is 6.60. The van der Waals surface area contributed by atoms with Crippen molar-refractivity contribution in [2.24, 2.45) is 7.05 Å². The summed E-state index contributed by atoms with van der Waals surface area (Å²) < 4.78 is 10.7. The maximum Gasteiger partial charge on any atom is 0.246 e. The van der Waals surface area contributed by atoms with Gasteiger partial charge >= 0.3 is 0 Å². The van der Waals surface area contributed by atoms with Crippen LogP contribution in [-0.4, -0.2) is 45.3 Å². The van der Waals surface area contributed by atoms with E-state index in [0.29, 0.717) is 33.4 Å². The van der Waals surface area contributed by atoms with E-state index in [1.165, 1.54) is 11.0 Å². The van der Waals surface area contributed by atoms with Crippen molar-refractivity contribution in [3.8, 4) is 5.75 Å². The summed E-state index contributed by atoms with van der Waals surface area (Å²) >= 11 is 16.7. The number of aryl methyl sites for hydroxylation is 2. The number of hydrogen-bond donors (Lipinski definition) is 2. The Kier molecular flexibility index (Phi) is 10.7. The van der Waals surface area contributed by atoms with Crippen molar-refractivity contribution in [1.29, 1.82) is 0 Å². The Bertz CT molecular complexity index is 1990. The first kappa shape index (κ1) is 33.8. The van der Waals surface area contributed by atoms with Crippen molar-refractivity contribution in [2.75, 3.05) is 23.8 Å². The highest BCUT2D eigenvalue weighted by atomic mass is 79.9. The molecule has 242 valence electrons. The lowest BCUT2D eigenvalue weighted by Crippen LogP contribution is -2.37. The Morgan fingerprint density at radius 2 is 1.79 bits per heavy atom. The van der Waals surface area contributed by atoms with Crippen molar-refractivity contribution in [3.63, 3.8) is 0 Å². The molecule has 3 heterocycles. The second-order valence-corrected chi connectivity index (χ2v) is 12.2. The fraction of sp³-hybridized carbons (Fsp3) is 0.176. The van der Waals surface area contributed by atoms with Gasteiger partial charge in [-0.15, -0.1) is 0 Å². The lowest BCUT2D eigenvalue weighted by Gasteiger charge is -2.21. The van der Waals surface area contributed by atoms with Crippen molar-refractivity contribution in [2.45, 2.75) is 20.0 Å². The summed E-state index contributed by atoms with van der Waals surface area (Å²) in [6.45, 7) is 1.67. The van der Waals surface area contributed by atoms with Gasteiger partial charge in [0.25, 0.3) is 0 Å². The highest BCUT2D eigenvalue weighted by Crippen LogP contribution is 2.35. The minimum Gasteiger partial charge on any atom is -0.485 e. The fourth-order valence-electron chi connectivity index (χ4n) is 4.74. The molecule has 47 heavy (non-hydrogen) atoms. The first-order valence-electron chi connectivity index (χ1n) is 14.5. The minimum atomic E-state index is -0.446. The number of amides is 3. The van der Waals surface area contributed by atoms with Gasteiger partial charge in [0.15, 0.2) is 11.4 Å². The second kappa shape index (κ2) is 14.9. The third-order valence-electron chi connectivity index (χ3n) is 7.42. The molecule has 0 radical (unpaired) electrons. The summed E-state index contributed by atoms with van der Waals surface area (Å²) in [6.07, 6.45) is 6.98. The number of likely N-dealkylation sites (N-methyl/N-ethyl adjacent to an activating group) is 1. The molecule has 0 atom stereocenters. The van der Waals surface area contributed by atoms with Gasteiger partial charge < -0.3 is 24.8 Å². The van der Waals surface area contributed by atoms with E-state index in [1.54, 1.807) is 55.6 Å². The predicted molar refractivity (Wildman–Crippen MR) is 188 cm³/mol. The van der Waals surface area contributed by atoms with E-state index >= 15 is 0 Å². The zero-order valence-corrected chi connectivity index (χ0v) is 28.9. The molecule has 2 N–H and O–H groups in total. The van der Waals surface area contributed by atoms with Crippen LogP contribution in [-0.2, 0) is 34.5 Å². The Hall–Kier alpha value is -4.58. The van der Waals surface area contributed by atoms with Crippen LogP contribution in [0.15, 0.2) is 83.7 Å². The molecule has 0 aliphatic carbocycles. The molecule has 5 aromatic rings. The van der Waals surface area contributed by atoms with Gasteiger partial charge in [0.1, 0.15) is 11.2 Å². The Morgan fingerprint density at radius 1 is 1.04 bits per heavy atom. The van der Waals surface area contributed by atoms with Crippen molar-refractivity contribution in [3.05, 3.63) is 116 Å². The largest absolute Gasteiger partial charge is 0.485 e. The van der Waals surface area contributed by atoms with Crippen LogP contribution in [0.25, 0.3) is 11.7 Å². The number of carbonyl (C=O) groups is 3. The van der Waals surface area contributed by atoms with Gasteiger partial charge in [0, 0.05) is 54.5 Å². The molecular formula is C34H31BrCl2N6O4. The average molecular weight is 738 g/mol. The number of anilines is 2. The summed E-state index contributed by atoms with van der Waals surface area (Å²) in [4.78, 5) is 43.7. The van der Waals surface area contributed by atoms with E-state index in [-0.39, 0.29) is 36.4 Å². The zero-order chi connectivity index (χ0) is 33.7. The first-order valence-corrected chi connectivity index (χ1v) is 16.0. The first-order chi connectivity index (χ1) is 22.5. The Morgan fingerprint density at radius 3 is 2.51 bits per heavy atom. The van der Waals surface area contributed by atoms with Crippen molar-refractivity contribution >= 4 is 80.0 Å². The van der Waals surface area contributed by atoms with Crippen LogP contribution in [0.2, 0.25) is 10.0 Å². The normalized spacial score (nSPS) is 11.2. The molecule has 5 rings (SSSR count). The summed E-state index contributed by atoms with van der Waals surface area (Å²) in [5.74, 6) is -0.417. The number of halogens is 3. The third-order valence-corrected chi connectivity index (χ3v) is 9.15. The van der Waals surface area contributed by atoms with Gasteiger partial charge in [-0.1, -0.05) is 35.3 Å². The van der Waals surface area contributed by atoms with Gasteiger partial charge in [-0.25, -0.2) is 4.98 Å². The van der Waals surface area contributed by atoms with Gasteiger partial charge in [0.05, 0.1) is 29.4 Å². The number of aromatic nitrogens is 3. The van der Waals surface area contributed by atoms with Crippen LogP contribution in [0.5, 0.6) is 5.75 Å². The van der Waals surface area contributed by atoms with Crippen LogP contribution in [0, 0.1) is 6.92 Å². The average Bonchev–Trinajstić information content (AvgIpc) is 3.59. The van der Waals surface area contributed by atoms with Crippen LogP contribution in [0.1, 0.15) is 22.5 Å². The second-order valence-electron chi connectivity index (χ2n) is 10.7. The van der Waals surface area contributed by atoms with Crippen LogP contribution in [0.4, 0.5) is 11.4 Å². The maximum absolute atomic E-state index is 13.0. The molecule has 3 amide bonds. The monoisotopic (exact) mass is 736 g/mol. The summed E-state index contributed by atoms with van der Waals surface area (Å²) in [7, 11) is 3.46. The number of imidazole rings is 1. The van der Waals surface area contributed by atoms with E-state index in [2.05, 4.69) is 31.5 Å². The number of rotatable bonds is 11. The maximum atomic E-state index is 13.0. The summed E-state index contributed by atoms with van der Waals surface area (Å²) in [6, 6.07) is 17.8. The van der Waals surface area contributed by atoms with E-state index in [1.807, 2.05) is 53.5 Å². The zero-order valence-electron chi connectivity index (χ0n) is 25.8. The van der Waals surface area contributed by atoms with Gasteiger partial charge in [0.2, 0.25) is 17.7 Å². The molecule has 0 fully saturated rings.